The zero-order chi connectivity index (χ0) is 24.0. The average molecular weight is 453 g/mol. The summed E-state index contributed by atoms with van der Waals surface area (Å²) in [7, 11) is 0. The van der Waals surface area contributed by atoms with Gasteiger partial charge in [-0.05, 0) is 47.4 Å². The Morgan fingerprint density at radius 2 is 1.91 bits per heavy atom. The summed E-state index contributed by atoms with van der Waals surface area (Å²) in [6.07, 6.45) is -0.767. The van der Waals surface area contributed by atoms with E-state index in [0.29, 0.717) is 24.6 Å². The number of hydrogen-bond donors (Lipinski definition) is 2. The third-order valence-corrected chi connectivity index (χ3v) is 4.69. The zero-order valence-corrected chi connectivity index (χ0v) is 17.7. The molecule has 3 N–H and O–H groups in total. The standard InChI is InChI=1S/C24H21F2N3O4/c1-2-4-21(24(30)31)33-23-20(26)11-19(25)22(29-23)32-18-9-15(13-28)8-17(10-18)16-6-3-5-14(7-16)12-27/h3,5-11,21H,2,4,12,27H2,1H3,(H,30,31)/t21-/m1/s1. The molecule has 1 aromatic heterocycles. The van der Waals surface area contributed by atoms with Crippen LogP contribution in [0.3, 0.4) is 0 Å². The van der Waals surface area contributed by atoms with Crippen LogP contribution in [0.4, 0.5) is 8.78 Å². The highest BCUT2D eigenvalue weighted by Gasteiger charge is 2.23. The largest absolute Gasteiger partial charge is 0.479 e. The Morgan fingerprint density at radius 1 is 1.15 bits per heavy atom. The molecule has 33 heavy (non-hydrogen) atoms. The van der Waals surface area contributed by atoms with Crippen LogP contribution >= 0.6 is 0 Å². The highest BCUT2D eigenvalue weighted by molar-refractivity contribution is 5.72. The lowest BCUT2D eigenvalue weighted by molar-refractivity contribution is -0.145. The van der Waals surface area contributed by atoms with Crippen molar-refractivity contribution in [2.24, 2.45) is 5.73 Å². The fourth-order valence-electron chi connectivity index (χ4n) is 3.10. The van der Waals surface area contributed by atoms with Gasteiger partial charge >= 0.3 is 5.97 Å². The summed E-state index contributed by atoms with van der Waals surface area (Å²) in [5.74, 6) is -4.81. The number of aromatic nitrogens is 1. The number of rotatable bonds is 9. The van der Waals surface area contributed by atoms with E-state index < -0.39 is 35.5 Å². The molecule has 170 valence electrons. The highest BCUT2D eigenvalue weighted by atomic mass is 19.1. The zero-order valence-electron chi connectivity index (χ0n) is 17.7. The maximum atomic E-state index is 14.4. The molecule has 0 fully saturated rings. The van der Waals surface area contributed by atoms with Gasteiger partial charge in [0.2, 0.25) is 0 Å². The third-order valence-electron chi connectivity index (χ3n) is 4.69. The lowest BCUT2D eigenvalue weighted by Gasteiger charge is -2.15. The second kappa shape index (κ2) is 10.5. The van der Waals surface area contributed by atoms with Gasteiger partial charge in [-0.25, -0.2) is 13.6 Å². The summed E-state index contributed by atoms with van der Waals surface area (Å²) in [5.41, 5.74) is 8.20. The van der Waals surface area contributed by atoms with Gasteiger partial charge in [0.25, 0.3) is 11.8 Å². The van der Waals surface area contributed by atoms with Crippen LogP contribution in [-0.4, -0.2) is 22.2 Å². The van der Waals surface area contributed by atoms with Crippen molar-refractivity contribution in [2.75, 3.05) is 0 Å². The van der Waals surface area contributed by atoms with Crippen molar-refractivity contribution in [3.8, 4) is 34.7 Å². The van der Waals surface area contributed by atoms with Crippen molar-refractivity contribution in [3.63, 3.8) is 0 Å². The number of nitrogens with zero attached hydrogens (tertiary/aromatic N) is 2. The summed E-state index contributed by atoms with van der Waals surface area (Å²) in [6, 6.07) is 14.4. The summed E-state index contributed by atoms with van der Waals surface area (Å²) in [6.45, 7) is 2.07. The molecule has 0 aliphatic carbocycles. The number of aliphatic carboxylic acids is 1. The van der Waals surface area contributed by atoms with Crippen LogP contribution in [0.1, 0.15) is 30.9 Å². The minimum Gasteiger partial charge on any atom is -0.479 e. The van der Waals surface area contributed by atoms with Crippen molar-refractivity contribution in [2.45, 2.75) is 32.4 Å². The second-order valence-electron chi connectivity index (χ2n) is 7.16. The third kappa shape index (κ3) is 5.81. The number of benzene rings is 2. The Balaban J connectivity index is 1.97. The first-order valence-corrected chi connectivity index (χ1v) is 10.1. The van der Waals surface area contributed by atoms with Crippen molar-refractivity contribution < 1.29 is 28.2 Å². The molecule has 9 heteroatoms. The number of hydrogen-bond acceptors (Lipinski definition) is 6. The average Bonchev–Trinajstić information content (AvgIpc) is 2.81. The molecule has 0 saturated carbocycles. The van der Waals surface area contributed by atoms with E-state index in [2.05, 4.69) is 4.98 Å². The van der Waals surface area contributed by atoms with Gasteiger partial charge in [0.1, 0.15) is 5.75 Å². The van der Waals surface area contributed by atoms with Crippen LogP contribution < -0.4 is 15.2 Å². The first kappa shape index (κ1) is 23.6. The van der Waals surface area contributed by atoms with E-state index in [0.717, 1.165) is 11.1 Å². The van der Waals surface area contributed by atoms with Gasteiger partial charge in [0, 0.05) is 12.6 Å². The van der Waals surface area contributed by atoms with Crippen molar-refractivity contribution in [1.82, 2.24) is 4.98 Å². The molecule has 0 bridgehead atoms. The number of pyridine rings is 1. The molecule has 2 aromatic carbocycles. The Kier molecular flexibility index (Phi) is 7.53. The molecule has 0 unspecified atom stereocenters. The highest BCUT2D eigenvalue weighted by Crippen LogP contribution is 2.32. The van der Waals surface area contributed by atoms with E-state index in [1.54, 1.807) is 19.1 Å². The van der Waals surface area contributed by atoms with Gasteiger partial charge < -0.3 is 20.3 Å². The summed E-state index contributed by atoms with van der Waals surface area (Å²) >= 11 is 0. The van der Waals surface area contributed by atoms with Crippen molar-refractivity contribution >= 4 is 5.97 Å². The van der Waals surface area contributed by atoms with Gasteiger partial charge in [-0.3, -0.25) is 0 Å². The Labute approximate surface area is 189 Å². The Morgan fingerprint density at radius 3 is 2.58 bits per heavy atom. The van der Waals surface area contributed by atoms with Gasteiger partial charge in [-0.1, -0.05) is 31.5 Å². The van der Waals surface area contributed by atoms with E-state index in [1.165, 1.54) is 6.07 Å². The van der Waals surface area contributed by atoms with Crippen LogP contribution in [0.25, 0.3) is 11.1 Å². The molecular weight excluding hydrogens is 432 g/mol. The minimum atomic E-state index is -1.35. The SMILES string of the molecule is CCC[C@@H](Oc1nc(Oc2cc(C#N)cc(-c3cccc(CN)c3)c2)c(F)cc1F)C(=O)O. The van der Waals surface area contributed by atoms with E-state index in [4.69, 9.17) is 15.2 Å². The molecule has 0 spiro atoms. The van der Waals surface area contributed by atoms with E-state index in [1.807, 2.05) is 30.3 Å². The number of halogens is 2. The Hall–Kier alpha value is -4.03. The van der Waals surface area contributed by atoms with Crippen molar-refractivity contribution in [3.05, 3.63) is 71.3 Å². The van der Waals surface area contributed by atoms with Gasteiger partial charge in [-0.15, -0.1) is 0 Å². The first-order valence-electron chi connectivity index (χ1n) is 10.1. The second-order valence-corrected chi connectivity index (χ2v) is 7.16. The molecule has 0 radical (unpaired) electrons. The molecule has 0 amide bonds. The van der Waals surface area contributed by atoms with E-state index in [9.17, 15) is 23.9 Å². The maximum absolute atomic E-state index is 14.4. The smallest absolute Gasteiger partial charge is 0.344 e. The minimum absolute atomic E-state index is 0.0782. The van der Waals surface area contributed by atoms with Crippen molar-refractivity contribution in [1.29, 1.82) is 5.26 Å². The van der Waals surface area contributed by atoms with Gasteiger partial charge in [0.15, 0.2) is 17.7 Å². The molecule has 3 aromatic rings. The fraction of sp³-hybridized carbons (Fsp3) is 0.208. The van der Waals surface area contributed by atoms with E-state index in [-0.39, 0.29) is 17.7 Å². The number of nitrogens with two attached hydrogens (primary N) is 1. The number of carbonyl (C=O) groups is 1. The topological polar surface area (TPSA) is 118 Å². The summed E-state index contributed by atoms with van der Waals surface area (Å²) in [5, 5.41) is 18.6. The molecule has 0 saturated heterocycles. The maximum Gasteiger partial charge on any atom is 0.344 e. The lowest BCUT2D eigenvalue weighted by atomic mass is 10.0. The lowest BCUT2D eigenvalue weighted by Crippen LogP contribution is -2.27. The first-order chi connectivity index (χ1) is 15.8. The van der Waals surface area contributed by atoms with Crippen LogP contribution in [-0.2, 0) is 11.3 Å². The van der Waals surface area contributed by atoms with Crippen LogP contribution in [0.2, 0.25) is 0 Å². The monoisotopic (exact) mass is 453 g/mol. The Bertz CT molecular complexity index is 1210. The van der Waals surface area contributed by atoms with Crippen LogP contribution in [0, 0.1) is 23.0 Å². The molecule has 7 nitrogen and oxygen atoms in total. The predicted octanol–water partition coefficient (Wildman–Crippen LogP) is 4.78. The quantitative estimate of drug-likeness (QED) is 0.478. The van der Waals surface area contributed by atoms with Gasteiger partial charge in [0.05, 0.1) is 11.6 Å². The fourth-order valence-corrected chi connectivity index (χ4v) is 3.10. The molecule has 0 aliphatic heterocycles. The molecule has 3 rings (SSSR count). The number of carboxylic acid groups (broad SMARTS) is 1. The molecule has 0 aliphatic rings. The number of ether oxygens (including phenoxy) is 2. The molecule has 1 heterocycles. The molecule has 1 atom stereocenters. The predicted molar refractivity (Wildman–Crippen MR) is 116 cm³/mol. The number of nitriles is 1. The summed E-state index contributed by atoms with van der Waals surface area (Å²) in [4.78, 5) is 15.0. The molecular formula is C24H21F2N3O4. The number of carboxylic acids is 1. The van der Waals surface area contributed by atoms with E-state index >= 15 is 0 Å². The summed E-state index contributed by atoms with van der Waals surface area (Å²) < 4.78 is 39.2. The normalized spacial score (nSPS) is 11.5. The van der Waals surface area contributed by atoms with Gasteiger partial charge in [-0.2, -0.15) is 10.2 Å². The van der Waals surface area contributed by atoms with Crippen LogP contribution in [0.15, 0.2) is 48.5 Å². The van der Waals surface area contributed by atoms with Crippen LogP contribution in [0.5, 0.6) is 17.5 Å².